The minimum Gasteiger partial charge on any atom is -0.381 e. The van der Waals surface area contributed by atoms with Crippen LogP contribution in [0.5, 0.6) is 0 Å². The van der Waals surface area contributed by atoms with Crippen molar-refractivity contribution in [2.75, 3.05) is 38.2 Å². The highest BCUT2D eigenvalue weighted by molar-refractivity contribution is 7.91. The van der Waals surface area contributed by atoms with Crippen LogP contribution < -0.4 is 0 Å². The number of likely N-dealkylation sites (tertiary alicyclic amines) is 1. The van der Waals surface area contributed by atoms with Gasteiger partial charge in [-0.05, 0) is 30.7 Å². The van der Waals surface area contributed by atoms with Crippen LogP contribution in [-0.2, 0) is 25.9 Å². The second-order valence-electron chi connectivity index (χ2n) is 6.87. The van der Waals surface area contributed by atoms with Crippen LogP contribution in [0.3, 0.4) is 0 Å². The van der Waals surface area contributed by atoms with E-state index in [0.717, 1.165) is 30.8 Å². The number of ether oxygens (including phenoxy) is 1. The lowest BCUT2D eigenvalue weighted by Gasteiger charge is -2.34. The molecule has 140 valence electrons. The van der Waals surface area contributed by atoms with Gasteiger partial charge in [-0.3, -0.25) is 9.69 Å². The molecule has 2 aliphatic rings. The van der Waals surface area contributed by atoms with Crippen molar-refractivity contribution in [2.24, 2.45) is 0 Å². The number of methoxy groups -OCH3 is 1. The minimum absolute atomic E-state index is 0.0337. The number of piperidine rings is 1. The standard InChI is InChI=1S/C17H26N2O4S2/c1-23-15-4-7-18(8-5-15)12-17(20)19(11-16-3-2-9-24-16)14-6-10-25(21,22)13-14/h2-3,9,14-15H,4-8,10-13H2,1H3. The van der Waals surface area contributed by atoms with E-state index in [2.05, 4.69) is 4.90 Å². The molecule has 1 aromatic rings. The van der Waals surface area contributed by atoms with Crippen molar-refractivity contribution >= 4 is 27.1 Å². The summed E-state index contributed by atoms with van der Waals surface area (Å²) in [7, 11) is -1.29. The molecule has 0 N–H and O–H groups in total. The summed E-state index contributed by atoms with van der Waals surface area (Å²) in [5, 5.41) is 1.99. The first-order valence-electron chi connectivity index (χ1n) is 8.74. The fraction of sp³-hybridized carbons (Fsp3) is 0.706. The molecule has 0 radical (unpaired) electrons. The molecule has 1 aromatic heterocycles. The number of amides is 1. The van der Waals surface area contributed by atoms with E-state index in [-0.39, 0.29) is 29.6 Å². The van der Waals surface area contributed by atoms with Crippen LogP contribution in [0.1, 0.15) is 24.1 Å². The number of thiophene rings is 1. The smallest absolute Gasteiger partial charge is 0.237 e. The molecule has 2 saturated heterocycles. The van der Waals surface area contributed by atoms with Gasteiger partial charge in [-0.15, -0.1) is 11.3 Å². The molecule has 3 rings (SSSR count). The molecule has 8 heteroatoms. The number of carbonyl (C=O) groups excluding carboxylic acids is 1. The second-order valence-corrected chi connectivity index (χ2v) is 10.1. The van der Waals surface area contributed by atoms with Crippen molar-refractivity contribution < 1.29 is 17.9 Å². The molecule has 2 aliphatic heterocycles. The second kappa shape index (κ2) is 8.16. The number of nitrogens with zero attached hydrogens (tertiary/aromatic N) is 2. The quantitative estimate of drug-likeness (QED) is 0.739. The first-order chi connectivity index (χ1) is 12.0. The van der Waals surface area contributed by atoms with Crippen LogP contribution in [0.2, 0.25) is 0 Å². The van der Waals surface area contributed by atoms with Gasteiger partial charge >= 0.3 is 0 Å². The Kier molecular flexibility index (Phi) is 6.14. The Morgan fingerprint density at radius 1 is 1.36 bits per heavy atom. The highest BCUT2D eigenvalue weighted by Crippen LogP contribution is 2.23. The summed E-state index contributed by atoms with van der Waals surface area (Å²) < 4.78 is 29.1. The Labute approximate surface area is 153 Å². The fourth-order valence-electron chi connectivity index (χ4n) is 3.60. The lowest BCUT2D eigenvalue weighted by atomic mass is 10.1. The summed E-state index contributed by atoms with van der Waals surface area (Å²) in [5.74, 6) is 0.312. The highest BCUT2D eigenvalue weighted by Gasteiger charge is 2.35. The zero-order valence-electron chi connectivity index (χ0n) is 14.6. The number of carbonyl (C=O) groups is 1. The molecule has 1 atom stereocenters. The summed E-state index contributed by atoms with van der Waals surface area (Å²) in [5.41, 5.74) is 0. The third-order valence-electron chi connectivity index (χ3n) is 5.10. The van der Waals surface area contributed by atoms with E-state index in [4.69, 9.17) is 4.74 Å². The summed E-state index contributed by atoms with van der Waals surface area (Å²) in [6.07, 6.45) is 2.71. The van der Waals surface area contributed by atoms with E-state index < -0.39 is 9.84 Å². The van der Waals surface area contributed by atoms with Gasteiger partial charge < -0.3 is 9.64 Å². The fourth-order valence-corrected chi connectivity index (χ4v) is 6.03. The van der Waals surface area contributed by atoms with E-state index in [1.165, 1.54) is 0 Å². The van der Waals surface area contributed by atoms with Crippen molar-refractivity contribution in [1.82, 2.24) is 9.80 Å². The van der Waals surface area contributed by atoms with Crippen LogP contribution in [0.4, 0.5) is 0 Å². The van der Waals surface area contributed by atoms with Gasteiger partial charge in [-0.2, -0.15) is 0 Å². The first-order valence-corrected chi connectivity index (χ1v) is 11.4. The molecular formula is C17H26N2O4S2. The van der Waals surface area contributed by atoms with E-state index in [1.54, 1.807) is 23.3 Å². The Morgan fingerprint density at radius 2 is 2.12 bits per heavy atom. The largest absolute Gasteiger partial charge is 0.381 e. The van der Waals surface area contributed by atoms with Crippen molar-refractivity contribution in [3.05, 3.63) is 22.4 Å². The average molecular weight is 387 g/mol. The van der Waals surface area contributed by atoms with E-state index in [9.17, 15) is 13.2 Å². The maximum Gasteiger partial charge on any atom is 0.237 e. The minimum atomic E-state index is -3.02. The maximum absolute atomic E-state index is 12.9. The molecule has 3 heterocycles. The van der Waals surface area contributed by atoms with Crippen LogP contribution in [0.15, 0.2) is 17.5 Å². The normalized spacial score (nSPS) is 24.4. The molecule has 25 heavy (non-hydrogen) atoms. The number of hydrogen-bond acceptors (Lipinski definition) is 6. The van der Waals surface area contributed by atoms with Crippen molar-refractivity contribution in [1.29, 1.82) is 0 Å². The van der Waals surface area contributed by atoms with E-state index in [0.29, 0.717) is 19.5 Å². The topological polar surface area (TPSA) is 66.9 Å². The summed E-state index contributed by atoms with van der Waals surface area (Å²) in [6, 6.07) is 3.76. The van der Waals surface area contributed by atoms with Gasteiger partial charge in [0.25, 0.3) is 0 Å². The molecule has 1 amide bonds. The van der Waals surface area contributed by atoms with E-state index >= 15 is 0 Å². The Morgan fingerprint density at radius 3 is 2.68 bits per heavy atom. The van der Waals surface area contributed by atoms with E-state index in [1.807, 2.05) is 17.5 Å². The number of rotatable bonds is 6. The van der Waals surface area contributed by atoms with Crippen LogP contribution >= 0.6 is 11.3 Å². The van der Waals surface area contributed by atoms with Crippen molar-refractivity contribution in [3.63, 3.8) is 0 Å². The van der Waals surface area contributed by atoms with Crippen LogP contribution in [-0.4, -0.2) is 74.5 Å². The Bertz CT molecular complexity index is 667. The molecule has 0 aromatic carbocycles. The SMILES string of the molecule is COC1CCN(CC(=O)N(Cc2cccs2)C2CCS(=O)(=O)C2)CC1. The predicted molar refractivity (Wildman–Crippen MR) is 98.4 cm³/mol. The average Bonchev–Trinajstić information content (AvgIpc) is 3.22. The van der Waals surface area contributed by atoms with Crippen molar-refractivity contribution in [3.8, 4) is 0 Å². The van der Waals surface area contributed by atoms with Crippen LogP contribution in [0.25, 0.3) is 0 Å². The van der Waals surface area contributed by atoms with Gasteiger partial charge in [-0.25, -0.2) is 8.42 Å². The molecule has 0 saturated carbocycles. The third kappa shape index (κ3) is 5.03. The predicted octanol–water partition coefficient (Wildman–Crippen LogP) is 1.37. The summed E-state index contributed by atoms with van der Waals surface area (Å²) in [6.45, 7) is 2.56. The number of sulfone groups is 1. The van der Waals surface area contributed by atoms with Gasteiger partial charge in [0.05, 0.1) is 30.7 Å². The molecule has 0 bridgehead atoms. The third-order valence-corrected chi connectivity index (χ3v) is 7.71. The molecule has 1 unspecified atom stereocenters. The zero-order valence-corrected chi connectivity index (χ0v) is 16.2. The molecule has 0 spiro atoms. The van der Waals surface area contributed by atoms with Crippen molar-refractivity contribution in [2.45, 2.75) is 38.0 Å². The summed E-state index contributed by atoms with van der Waals surface area (Å²) in [4.78, 5) is 18.0. The molecular weight excluding hydrogens is 360 g/mol. The molecule has 0 aliphatic carbocycles. The highest BCUT2D eigenvalue weighted by atomic mass is 32.2. The Hall–Kier alpha value is -0.960. The maximum atomic E-state index is 12.9. The van der Waals surface area contributed by atoms with Gasteiger partial charge in [-0.1, -0.05) is 6.07 Å². The lowest BCUT2D eigenvalue weighted by molar-refractivity contribution is -0.135. The van der Waals surface area contributed by atoms with Gasteiger partial charge in [0, 0.05) is 31.1 Å². The molecule has 2 fully saturated rings. The lowest BCUT2D eigenvalue weighted by Crippen LogP contribution is -2.47. The zero-order chi connectivity index (χ0) is 17.9. The van der Waals surface area contributed by atoms with Crippen LogP contribution in [0, 0.1) is 0 Å². The van der Waals surface area contributed by atoms with Gasteiger partial charge in [0.2, 0.25) is 5.91 Å². The van der Waals surface area contributed by atoms with Gasteiger partial charge in [0.15, 0.2) is 9.84 Å². The first kappa shape index (κ1) is 18.8. The monoisotopic (exact) mass is 386 g/mol. The summed E-state index contributed by atoms with van der Waals surface area (Å²) >= 11 is 1.60. The van der Waals surface area contributed by atoms with Gasteiger partial charge in [0.1, 0.15) is 0 Å². The number of hydrogen-bond donors (Lipinski definition) is 0. The molecule has 6 nitrogen and oxygen atoms in total. The Balaban J connectivity index is 1.65.